The molecule has 0 unspecified atom stereocenters. The van der Waals surface area contributed by atoms with Crippen molar-refractivity contribution in [2.45, 2.75) is 44.8 Å². The number of amides is 1. The van der Waals surface area contributed by atoms with Gasteiger partial charge in [0.25, 0.3) is 0 Å². The van der Waals surface area contributed by atoms with Crippen molar-refractivity contribution in [2.24, 2.45) is 5.92 Å². The van der Waals surface area contributed by atoms with Crippen LogP contribution in [0.2, 0.25) is 0 Å². The number of halogens is 3. The lowest BCUT2D eigenvalue weighted by molar-refractivity contribution is -0.137. The molecule has 1 fully saturated rings. The largest absolute Gasteiger partial charge is 0.418 e. The number of nitrogens with one attached hydrogen (secondary N) is 1. The van der Waals surface area contributed by atoms with E-state index in [2.05, 4.69) is 5.32 Å². The number of hydrogen-bond donors (Lipinski definition) is 1. The lowest BCUT2D eigenvalue weighted by atomic mass is 9.84. The van der Waals surface area contributed by atoms with Crippen LogP contribution >= 0.6 is 0 Å². The van der Waals surface area contributed by atoms with Gasteiger partial charge >= 0.3 is 6.18 Å². The minimum absolute atomic E-state index is 0.0134. The average Bonchev–Trinajstić information content (AvgIpc) is 3.12. The van der Waals surface area contributed by atoms with Crippen LogP contribution in [0.1, 0.15) is 48.0 Å². The van der Waals surface area contributed by atoms with Crippen molar-refractivity contribution in [3.8, 4) is 0 Å². The normalized spacial score (nSPS) is 15.2. The molecule has 4 rings (SSSR count). The van der Waals surface area contributed by atoms with Crippen molar-refractivity contribution in [1.29, 1.82) is 0 Å². The first kappa shape index (κ1) is 21.2. The van der Waals surface area contributed by atoms with Crippen LogP contribution in [-0.2, 0) is 17.5 Å². The highest BCUT2D eigenvalue weighted by Crippen LogP contribution is 2.35. The van der Waals surface area contributed by atoms with Gasteiger partial charge in [0, 0.05) is 28.6 Å². The molecule has 31 heavy (non-hydrogen) atoms. The second-order valence-corrected chi connectivity index (χ2v) is 7.98. The number of ketones is 1. The van der Waals surface area contributed by atoms with Crippen LogP contribution in [0, 0.1) is 5.92 Å². The zero-order valence-corrected chi connectivity index (χ0v) is 16.9. The fourth-order valence-corrected chi connectivity index (χ4v) is 4.34. The van der Waals surface area contributed by atoms with Gasteiger partial charge in [-0.2, -0.15) is 13.2 Å². The number of aromatic nitrogens is 1. The van der Waals surface area contributed by atoms with Crippen LogP contribution in [0.15, 0.2) is 54.7 Å². The predicted octanol–water partition coefficient (Wildman–Crippen LogP) is 6.06. The van der Waals surface area contributed by atoms with Gasteiger partial charge in [-0.1, -0.05) is 49.6 Å². The Kier molecular flexibility index (Phi) is 5.85. The zero-order chi connectivity index (χ0) is 22.0. The lowest BCUT2D eigenvalue weighted by Crippen LogP contribution is -2.21. The summed E-state index contributed by atoms with van der Waals surface area (Å²) in [5.74, 6) is -0.521. The van der Waals surface area contributed by atoms with Crippen LogP contribution < -0.4 is 5.32 Å². The Morgan fingerprint density at radius 2 is 1.65 bits per heavy atom. The van der Waals surface area contributed by atoms with Crippen molar-refractivity contribution in [3.05, 3.63) is 65.9 Å². The van der Waals surface area contributed by atoms with E-state index in [1.807, 2.05) is 24.3 Å². The fourth-order valence-electron chi connectivity index (χ4n) is 4.34. The summed E-state index contributed by atoms with van der Waals surface area (Å²) in [5, 5.41) is 3.13. The Morgan fingerprint density at radius 3 is 2.39 bits per heavy atom. The van der Waals surface area contributed by atoms with E-state index in [-0.39, 0.29) is 23.9 Å². The summed E-state index contributed by atoms with van der Waals surface area (Å²) < 4.78 is 41.3. The third-order valence-electron chi connectivity index (χ3n) is 5.85. The molecule has 1 saturated carbocycles. The smallest absolute Gasteiger partial charge is 0.337 e. The van der Waals surface area contributed by atoms with Gasteiger partial charge in [0.05, 0.1) is 11.3 Å². The molecular weight excluding hydrogens is 405 g/mol. The Hall–Kier alpha value is -3.09. The molecule has 0 bridgehead atoms. The first-order valence-electron chi connectivity index (χ1n) is 10.4. The summed E-state index contributed by atoms with van der Waals surface area (Å²) >= 11 is 0. The molecule has 0 saturated heterocycles. The monoisotopic (exact) mass is 428 g/mol. The maximum atomic E-state index is 13.2. The number of benzene rings is 2. The third-order valence-corrected chi connectivity index (χ3v) is 5.85. The van der Waals surface area contributed by atoms with Crippen molar-refractivity contribution in [2.75, 3.05) is 5.32 Å². The summed E-state index contributed by atoms with van der Waals surface area (Å²) in [7, 11) is 0. The van der Waals surface area contributed by atoms with Crippen molar-refractivity contribution < 1.29 is 22.8 Å². The van der Waals surface area contributed by atoms with E-state index in [0.717, 1.165) is 43.6 Å². The topological polar surface area (TPSA) is 51.1 Å². The number of fused-ring (bicyclic) bond motifs is 1. The number of anilines is 1. The van der Waals surface area contributed by atoms with E-state index in [1.54, 1.807) is 10.8 Å². The molecule has 2 aromatic carbocycles. The van der Waals surface area contributed by atoms with Gasteiger partial charge in [-0.15, -0.1) is 0 Å². The zero-order valence-electron chi connectivity index (χ0n) is 16.9. The summed E-state index contributed by atoms with van der Waals surface area (Å²) in [6.07, 6.45) is 2.05. The molecule has 162 valence electrons. The second kappa shape index (κ2) is 8.57. The molecular formula is C24H23F3N2O2. The number of carbonyl (C=O) groups excluding carboxylic acids is 2. The van der Waals surface area contributed by atoms with E-state index in [4.69, 9.17) is 0 Å². The van der Waals surface area contributed by atoms with E-state index < -0.39 is 17.6 Å². The van der Waals surface area contributed by atoms with Gasteiger partial charge in [-0.3, -0.25) is 9.59 Å². The molecule has 1 aliphatic carbocycles. The van der Waals surface area contributed by atoms with E-state index in [9.17, 15) is 22.8 Å². The van der Waals surface area contributed by atoms with Crippen LogP contribution in [0.4, 0.5) is 18.9 Å². The number of alkyl halides is 3. The molecule has 1 aliphatic rings. The van der Waals surface area contributed by atoms with Crippen molar-refractivity contribution in [1.82, 2.24) is 4.57 Å². The summed E-state index contributed by atoms with van der Waals surface area (Å²) in [5.41, 5.74) is 0.107. The van der Waals surface area contributed by atoms with Crippen LogP contribution in [0.5, 0.6) is 0 Å². The molecule has 1 heterocycles. The molecule has 1 N–H and O–H groups in total. The minimum Gasteiger partial charge on any atom is -0.337 e. The second-order valence-electron chi connectivity index (χ2n) is 7.98. The number of Topliss-reactive ketones (excluding diaryl/α,β-unsaturated/α-hetero) is 1. The number of carbonyl (C=O) groups is 2. The number of hydrogen-bond acceptors (Lipinski definition) is 2. The highest BCUT2D eigenvalue weighted by molar-refractivity contribution is 6.09. The van der Waals surface area contributed by atoms with Gasteiger partial charge in [-0.05, 0) is 31.0 Å². The van der Waals surface area contributed by atoms with E-state index in [1.165, 1.54) is 18.2 Å². The summed E-state index contributed by atoms with van der Waals surface area (Å²) in [6, 6.07) is 12.2. The van der Waals surface area contributed by atoms with Crippen LogP contribution in [0.3, 0.4) is 0 Å². The number of nitrogens with zero attached hydrogens (tertiary/aromatic N) is 1. The number of rotatable bonds is 5. The highest BCUT2D eigenvalue weighted by Gasteiger charge is 2.33. The van der Waals surface area contributed by atoms with Crippen LogP contribution in [-0.4, -0.2) is 16.3 Å². The Morgan fingerprint density at radius 1 is 0.968 bits per heavy atom. The van der Waals surface area contributed by atoms with Crippen molar-refractivity contribution >= 4 is 28.3 Å². The van der Waals surface area contributed by atoms with Gasteiger partial charge < -0.3 is 9.88 Å². The van der Waals surface area contributed by atoms with Gasteiger partial charge in [-0.25, -0.2) is 0 Å². The molecule has 3 aromatic rings. The van der Waals surface area contributed by atoms with Gasteiger partial charge in [0.15, 0.2) is 5.78 Å². The molecule has 0 aliphatic heterocycles. The minimum atomic E-state index is -4.57. The first-order valence-corrected chi connectivity index (χ1v) is 10.4. The van der Waals surface area contributed by atoms with E-state index >= 15 is 0 Å². The van der Waals surface area contributed by atoms with Gasteiger partial charge in [0.2, 0.25) is 5.91 Å². The molecule has 0 spiro atoms. The van der Waals surface area contributed by atoms with Gasteiger partial charge in [0.1, 0.15) is 6.54 Å². The Bertz CT molecular complexity index is 1110. The molecule has 1 amide bonds. The maximum Gasteiger partial charge on any atom is 0.418 e. The van der Waals surface area contributed by atoms with Crippen molar-refractivity contribution in [3.63, 3.8) is 0 Å². The third kappa shape index (κ3) is 4.50. The Labute approximate surface area is 178 Å². The predicted molar refractivity (Wildman–Crippen MR) is 113 cm³/mol. The molecule has 1 aromatic heterocycles. The molecule has 0 radical (unpaired) electrons. The summed E-state index contributed by atoms with van der Waals surface area (Å²) in [6.45, 7) is -0.190. The SMILES string of the molecule is O=C(Cn1cc(C(=O)C2CCCCC2)c2ccccc21)Nc1ccccc1C(F)(F)F. The van der Waals surface area contributed by atoms with E-state index in [0.29, 0.717) is 11.1 Å². The number of para-hydroxylation sites is 2. The molecule has 7 heteroatoms. The molecule has 0 atom stereocenters. The standard InChI is InChI=1S/C24H23F3N2O2/c25-24(26,27)19-11-5-6-12-20(19)28-22(30)15-29-14-18(17-10-4-7-13-21(17)29)23(31)16-8-2-1-3-9-16/h4-7,10-14,16H,1-3,8-9,15H2,(H,28,30). The van der Waals surface area contributed by atoms with Crippen LogP contribution in [0.25, 0.3) is 10.9 Å². The maximum absolute atomic E-state index is 13.2. The highest BCUT2D eigenvalue weighted by atomic mass is 19.4. The average molecular weight is 428 g/mol. The first-order chi connectivity index (χ1) is 14.8. The summed E-state index contributed by atoms with van der Waals surface area (Å²) in [4.78, 5) is 25.7. The lowest BCUT2D eigenvalue weighted by Gasteiger charge is -2.19. The quantitative estimate of drug-likeness (QED) is 0.502. The Balaban J connectivity index is 1.59. The fraction of sp³-hybridized carbons (Fsp3) is 0.333. The molecule has 4 nitrogen and oxygen atoms in total.